The number of fused-ring (bicyclic) bond motifs is 1. The molecule has 0 unspecified atom stereocenters. The number of methoxy groups -OCH3 is 1. The Balaban J connectivity index is 1.73. The molecule has 0 radical (unpaired) electrons. The summed E-state index contributed by atoms with van der Waals surface area (Å²) in [4.78, 5) is 13.2. The van der Waals surface area contributed by atoms with Crippen LogP contribution < -0.4 is 15.8 Å². The molecule has 0 saturated heterocycles. The highest BCUT2D eigenvalue weighted by Crippen LogP contribution is 2.26. The van der Waals surface area contributed by atoms with Crippen LogP contribution in [-0.2, 0) is 0 Å². The van der Waals surface area contributed by atoms with Gasteiger partial charge in [-0.2, -0.15) is 0 Å². The van der Waals surface area contributed by atoms with E-state index in [4.69, 9.17) is 10.5 Å². The van der Waals surface area contributed by atoms with Gasteiger partial charge in [-0.3, -0.25) is 4.57 Å². The van der Waals surface area contributed by atoms with Gasteiger partial charge in [0.2, 0.25) is 5.95 Å². The molecule has 0 atom stereocenters. The molecule has 0 saturated carbocycles. The average molecular weight is 360 g/mol. The van der Waals surface area contributed by atoms with Crippen molar-refractivity contribution in [2.45, 2.75) is 13.8 Å². The zero-order chi connectivity index (χ0) is 19.0. The molecule has 0 bridgehead atoms. The van der Waals surface area contributed by atoms with Gasteiger partial charge in [0.15, 0.2) is 0 Å². The third-order valence-electron chi connectivity index (χ3n) is 4.54. The summed E-state index contributed by atoms with van der Waals surface area (Å²) >= 11 is 0. The molecular weight excluding hydrogens is 340 g/mol. The summed E-state index contributed by atoms with van der Waals surface area (Å²) in [5.74, 6) is 2.51. The van der Waals surface area contributed by atoms with Crippen LogP contribution >= 0.6 is 0 Å². The number of ether oxygens (including phenoxy) is 1. The van der Waals surface area contributed by atoms with E-state index < -0.39 is 0 Å². The average Bonchev–Trinajstić information content (AvgIpc) is 2.97. The topological polar surface area (TPSA) is 90.9 Å². The molecule has 7 nitrogen and oxygen atoms in total. The van der Waals surface area contributed by atoms with Crippen LogP contribution in [0.5, 0.6) is 5.75 Å². The van der Waals surface area contributed by atoms with Crippen LogP contribution in [0.1, 0.15) is 11.1 Å². The van der Waals surface area contributed by atoms with Gasteiger partial charge >= 0.3 is 0 Å². The van der Waals surface area contributed by atoms with Crippen LogP contribution in [-0.4, -0.2) is 26.6 Å². The van der Waals surface area contributed by atoms with Crippen molar-refractivity contribution in [2.75, 3.05) is 18.2 Å². The predicted octanol–water partition coefficient (Wildman–Crippen LogP) is 3.77. The van der Waals surface area contributed by atoms with Crippen LogP contribution in [0.4, 0.5) is 17.5 Å². The molecule has 0 amide bonds. The number of nitrogens with zero attached hydrogens (tertiary/aromatic N) is 4. The van der Waals surface area contributed by atoms with E-state index in [1.165, 1.54) is 17.5 Å². The Kier molecular flexibility index (Phi) is 4.12. The summed E-state index contributed by atoms with van der Waals surface area (Å²) in [6.07, 6.45) is 1.51. The SMILES string of the molecule is COc1ccc(Nc2cc(-n3c(N)nc4cc(C)c(C)cc43)ncn2)cc1. The first-order valence-corrected chi connectivity index (χ1v) is 8.54. The lowest BCUT2D eigenvalue weighted by atomic mass is 10.1. The maximum Gasteiger partial charge on any atom is 0.207 e. The minimum absolute atomic E-state index is 0.393. The van der Waals surface area contributed by atoms with E-state index in [0.29, 0.717) is 17.6 Å². The van der Waals surface area contributed by atoms with Crippen molar-refractivity contribution in [2.24, 2.45) is 0 Å². The van der Waals surface area contributed by atoms with Gasteiger partial charge in [-0.25, -0.2) is 15.0 Å². The van der Waals surface area contributed by atoms with E-state index in [-0.39, 0.29) is 0 Å². The summed E-state index contributed by atoms with van der Waals surface area (Å²) in [6, 6.07) is 13.6. The molecule has 0 aliphatic heterocycles. The van der Waals surface area contributed by atoms with Gasteiger partial charge in [-0.1, -0.05) is 0 Å². The Bertz CT molecular complexity index is 1120. The summed E-state index contributed by atoms with van der Waals surface area (Å²) in [7, 11) is 1.64. The van der Waals surface area contributed by atoms with Crippen molar-refractivity contribution in [3.8, 4) is 11.6 Å². The van der Waals surface area contributed by atoms with Crippen molar-refractivity contribution < 1.29 is 4.74 Å². The molecule has 3 N–H and O–H groups in total. The fourth-order valence-corrected chi connectivity index (χ4v) is 2.95. The van der Waals surface area contributed by atoms with Crippen LogP contribution in [0.15, 0.2) is 48.8 Å². The van der Waals surface area contributed by atoms with E-state index in [1.54, 1.807) is 7.11 Å². The Morgan fingerprint density at radius 3 is 2.48 bits per heavy atom. The number of hydrogen-bond donors (Lipinski definition) is 2. The number of hydrogen-bond acceptors (Lipinski definition) is 6. The highest BCUT2D eigenvalue weighted by Gasteiger charge is 2.13. The Hall–Kier alpha value is -3.61. The van der Waals surface area contributed by atoms with Gasteiger partial charge in [-0.15, -0.1) is 0 Å². The normalized spacial score (nSPS) is 10.9. The molecule has 2 aromatic carbocycles. The monoisotopic (exact) mass is 360 g/mol. The van der Waals surface area contributed by atoms with Gasteiger partial charge in [-0.05, 0) is 61.4 Å². The van der Waals surface area contributed by atoms with Gasteiger partial charge in [0.1, 0.15) is 23.7 Å². The molecule has 0 spiro atoms. The second-order valence-corrected chi connectivity index (χ2v) is 6.35. The van der Waals surface area contributed by atoms with Crippen molar-refractivity contribution in [1.29, 1.82) is 0 Å². The highest BCUT2D eigenvalue weighted by molar-refractivity contribution is 5.82. The van der Waals surface area contributed by atoms with Gasteiger partial charge in [0.05, 0.1) is 18.1 Å². The third-order valence-corrected chi connectivity index (χ3v) is 4.54. The first-order chi connectivity index (χ1) is 13.0. The zero-order valence-corrected chi connectivity index (χ0v) is 15.4. The van der Waals surface area contributed by atoms with Crippen LogP contribution in [0.2, 0.25) is 0 Å². The molecule has 4 rings (SSSR count). The van der Waals surface area contributed by atoms with Crippen LogP contribution in [0, 0.1) is 13.8 Å². The quantitative estimate of drug-likeness (QED) is 0.576. The van der Waals surface area contributed by atoms with Crippen LogP contribution in [0.25, 0.3) is 16.9 Å². The molecule has 4 aromatic rings. The molecule has 27 heavy (non-hydrogen) atoms. The van der Waals surface area contributed by atoms with E-state index in [9.17, 15) is 0 Å². The number of nitrogens with one attached hydrogen (secondary N) is 1. The summed E-state index contributed by atoms with van der Waals surface area (Å²) < 4.78 is 7.02. The second kappa shape index (κ2) is 6.60. The number of nitrogen functional groups attached to an aromatic ring is 1. The number of rotatable bonds is 4. The summed E-state index contributed by atoms with van der Waals surface area (Å²) in [5, 5.41) is 3.26. The molecular formula is C20H20N6O. The van der Waals surface area contributed by atoms with E-state index in [1.807, 2.05) is 41.0 Å². The standard InChI is InChI=1S/C20H20N6O/c1-12-8-16-17(9-13(12)2)26(20(21)25-16)19-10-18(22-11-23-19)24-14-4-6-15(27-3)7-5-14/h4-11H,1-3H3,(H2,21,25)(H,22,23,24). The van der Waals surface area contributed by atoms with E-state index in [0.717, 1.165) is 22.5 Å². The Labute approximate surface area is 156 Å². The highest BCUT2D eigenvalue weighted by atomic mass is 16.5. The lowest BCUT2D eigenvalue weighted by Crippen LogP contribution is -2.04. The fourth-order valence-electron chi connectivity index (χ4n) is 2.95. The first-order valence-electron chi connectivity index (χ1n) is 8.54. The van der Waals surface area contributed by atoms with E-state index >= 15 is 0 Å². The predicted molar refractivity (Wildman–Crippen MR) is 107 cm³/mol. The number of anilines is 3. The van der Waals surface area contributed by atoms with Gasteiger partial charge < -0.3 is 15.8 Å². The molecule has 7 heteroatoms. The maximum absolute atomic E-state index is 6.18. The van der Waals surface area contributed by atoms with Gasteiger partial charge in [0, 0.05) is 11.8 Å². The number of benzene rings is 2. The maximum atomic E-state index is 6.18. The second-order valence-electron chi connectivity index (χ2n) is 6.35. The molecule has 2 aromatic heterocycles. The smallest absolute Gasteiger partial charge is 0.207 e. The van der Waals surface area contributed by atoms with Crippen LogP contribution in [0.3, 0.4) is 0 Å². The van der Waals surface area contributed by atoms with E-state index in [2.05, 4.69) is 40.2 Å². The summed E-state index contributed by atoms with van der Waals surface area (Å²) in [5.41, 5.74) is 11.2. The summed E-state index contributed by atoms with van der Waals surface area (Å²) in [6.45, 7) is 4.13. The number of aryl methyl sites for hydroxylation is 2. The Morgan fingerprint density at radius 1 is 1.00 bits per heavy atom. The molecule has 0 aliphatic carbocycles. The molecule has 0 fully saturated rings. The lowest BCUT2D eigenvalue weighted by molar-refractivity contribution is 0.415. The zero-order valence-electron chi connectivity index (χ0n) is 15.4. The largest absolute Gasteiger partial charge is 0.497 e. The minimum Gasteiger partial charge on any atom is -0.497 e. The number of aromatic nitrogens is 4. The molecule has 0 aliphatic rings. The number of imidazole rings is 1. The van der Waals surface area contributed by atoms with Gasteiger partial charge in [0.25, 0.3) is 0 Å². The minimum atomic E-state index is 0.393. The molecule has 136 valence electrons. The lowest BCUT2D eigenvalue weighted by Gasteiger charge is -2.10. The number of nitrogens with two attached hydrogens (primary N) is 1. The van der Waals surface area contributed by atoms with Crippen molar-refractivity contribution in [1.82, 2.24) is 19.5 Å². The fraction of sp³-hybridized carbons (Fsp3) is 0.150. The van der Waals surface area contributed by atoms with Crippen molar-refractivity contribution in [3.05, 3.63) is 59.9 Å². The Morgan fingerprint density at radius 2 is 1.74 bits per heavy atom. The molecule has 2 heterocycles. The van der Waals surface area contributed by atoms with Crippen molar-refractivity contribution >= 4 is 28.5 Å². The first kappa shape index (κ1) is 16.8. The third kappa shape index (κ3) is 3.15. The van der Waals surface area contributed by atoms with Crippen molar-refractivity contribution in [3.63, 3.8) is 0 Å².